The zero-order chi connectivity index (χ0) is 28.5. The third kappa shape index (κ3) is 5.57. The van der Waals surface area contributed by atoms with Crippen LogP contribution in [0.4, 0.5) is 10.5 Å². The number of nitrogens with zero attached hydrogens (tertiary/aromatic N) is 2. The fourth-order valence-corrected chi connectivity index (χ4v) is 6.49. The predicted octanol–water partition coefficient (Wildman–Crippen LogP) is 7.41. The number of anilines is 1. The van der Waals surface area contributed by atoms with Gasteiger partial charge in [0.2, 0.25) is 0 Å². The third-order valence-corrected chi connectivity index (χ3v) is 8.38. The van der Waals surface area contributed by atoms with Crippen molar-refractivity contribution in [2.75, 3.05) is 18.0 Å². The third-order valence-electron chi connectivity index (χ3n) is 7.89. The number of likely N-dealkylation sites (tertiary alicyclic amines) is 1. The zero-order valence-electron chi connectivity index (χ0n) is 23.2. The molecule has 0 radical (unpaired) electrons. The number of carbonyl (C=O) groups excluding carboxylic acids is 3. The summed E-state index contributed by atoms with van der Waals surface area (Å²) in [4.78, 5) is 43.9. The number of rotatable bonds is 8. The van der Waals surface area contributed by atoms with E-state index in [4.69, 9.17) is 4.74 Å². The van der Waals surface area contributed by atoms with Crippen molar-refractivity contribution in [1.82, 2.24) is 4.90 Å². The molecular weight excluding hydrogens is 568 g/mol. The van der Waals surface area contributed by atoms with Gasteiger partial charge in [0.05, 0.1) is 0 Å². The SMILES string of the molecule is CC(C)(C)OC(=O)N1CC[C@]2(CCC(=O)c3ccccc3)c3ccc(Br)cc3N(CCC(=O)c3ccccc3)[C@H]12. The number of fused-ring (bicyclic) bond motifs is 3. The van der Waals surface area contributed by atoms with Crippen LogP contribution in [0.15, 0.2) is 83.3 Å². The highest BCUT2D eigenvalue weighted by Crippen LogP contribution is 2.55. The molecule has 0 saturated carbocycles. The van der Waals surface area contributed by atoms with Gasteiger partial charge in [-0.3, -0.25) is 14.5 Å². The van der Waals surface area contributed by atoms with Gasteiger partial charge in [-0.15, -0.1) is 0 Å². The van der Waals surface area contributed by atoms with Gasteiger partial charge in [0.25, 0.3) is 0 Å². The molecule has 1 fully saturated rings. The van der Waals surface area contributed by atoms with E-state index in [-0.39, 0.29) is 23.8 Å². The second-order valence-corrected chi connectivity index (χ2v) is 12.6. The number of amides is 1. The first-order chi connectivity index (χ1) is 19.1. The Morgan fingerprint density at radius 1 is 0.900 bits per heavy atom. The van der Waals surface area contributed by atoms with Crippen LogP contribution in [0.1, 0.15) is 72.7 Å². The maximum absolute atomic E-state index is 13.6. The smallest absolute Gasteiger partial charge is 0.411 e. The fraction of sp³-hybridized carbons (Fsp3) is 0.364. The normalized spacial score (nSPS) is 19.8. The number of ether oxygens (including phenoxy) is 1. The summed E-state index contributed by atoms with van der Waals surface area (Å²) >= 11 is 3.63. The number of Topliss-reactive ketones (excluding diaryl/α,β-unsaturated/α-hetero) is 2. The van der Waals surface area contributed by atoms with Gasteiger partial charge < -0.3 is 9.64 Å². The summed E-state index contributed by atoms with van der Waals surface area (Å²) in [6.45, 7) is 6.55. The lowest BCUT2D eigenvalue weighted by atomic mass is 9.75. The molecule has 2 aliphatic heterocycles. The fourth-order valence-electron chi connectivity index (χ4n) is 6.14. The Labute approximate surface area is 244 Å². The molecule has 2 aliphatic rings. The standard InChI is InChI=1S/C33H35BrN2O4/c1-32(2,3)40-31(39)36-21-19-33(18-16-28(37)23-10-6-4-7-11-23)26-15-14-25(34)22-27(26)35(30(33)36)20-17-29(38)24-12-8-5-9-13-24/h4-15,22,30H,16-21H2,1-3H3/t30-,33-/m1/s1. The Bertz CT molecular complexity index is 1400. The number of ketones is 2. The first-order valence-corrected chi connectivity index (χ1v) is 14.6. The molecule has 2 atom stereocenters. The number of halogens is 1. The minimum Gasteiger partial charge on any atom is -0.444 e. The average molecular weight is 604 g/mol. The largest absolute Gasteiger partial charge is 0.444 e. The van der Waals surface area contributed by atoms with Crippen LogP contribution in [0.3, 0.4) is 0 Å². The van der Waals surface area contributed by atoms with Crippen LogP contribution in [0.25, 0.3) is 0 Å². The van der Waals surface area contributed by atoms with Crippen LogP contribution in [0.2, 0.25) is 0 Å². The highest BCUT2D eigenvalue weighted by atomic mass is 79.9. The van der Waals surface area contributed by atoms with Gasteiger partial charge in [0, 0.05) is 52.6 Å². The number of hydrogen-bond acceptors (Lipinski definition) is 5. The molecule has 2 heterocycles. The maximum atomic E-state index is 13.6. The topological polar surface area (TPSA) is 66.9 Å². The van der Waals surface area contributed by atoms with Gasteiger partial charge in [-0.2, -0.15) is 0 Å². The summed E-state index contributed by atoms with van der Waals surface area (Å²) in [6, 6.07) is 24.8. The van der Waals surface area contributed by atoms with Crippen molar-refractivity contribution in [1.29, 1.82) is 0 Å². The zero-order valence-corrected chi connectivity index (χ0v) is 24.8. The Morgan fingerprint density at radius 3 is 2.10 bits per heavy atom. The van der Waals surface area contributed by atoms with E-state index >= 15 is 0 Å². The van der Waals surface area contributed by atoms with E-state index in [9.17, 15) is 14.4 Å². The van der Waals surface area contributed by atoms with Crippen molar-refractivity contribution < 1.29 is 19.1 Å². The lowest BCUT2D eigenvalue weighted by Gasteiger charge is -2.39. The maximum Gasteiger partial charge on any atom is 0.411 e. The van der Waals surface area contributed by atoms with Gasteiger partial charge >= 0.3 is 6.09 Å². The molecule has 0 N–H and O–H groups in total. The first-order valence-electron chi connectivity index (χ1n) is 13.8. The van der Waals surface area contributed by atoms with Crippen LogP contribution in [-0.4, -0.2) is 47.4 Å². The summed E-state index contributed by atoms with van der Waals surface area (Å²) < 4.78 is 6.77. The molecule has 40 heavy (non-hydrogen) atoms. The second-order valence-electron chi connectivity index (χ2n) is 11.6. The lowest BCUT2D eigenvalue weighted by Crippen LogP contribution is -2.53. The van der Waals surface area contributed by atoms with Gasteiger partial charge in [0.15, 0.2) is 11.6 Å². The minimum atomic E-state index is -0.645. The van der Waals surface area contributed by atoms with Gasteiger partial charge in [-0.1, -0.05) is 82.7 Å². The molecule has 3 aromatic carbocycles. The molecule has 0 spiro atoms. The van der Waals surface area contributed by atoms with E-state index in [1.54, 1.807) is 4.90 Å². The molecular formula is C33H35BrN2O4. The molecule has 0 aliphatic carbocycles. The summed E-state index contributed by atoms with van der Waals surface area (Å²) in [7, 11) is 0. The van der Waals surface area contributed by atoms with Crippen LogP contribution in [0.5, 0.6) is 0 Å². The summed E-state index contributed by atoms with van der Waals surface area (Å²) in [5.41, 5.74) is 2.35. The molecule has 5 rings (SSSR count). The van der Waals surface area contributed by atoms with E-state index < -0.39 is 11.0 Å². The Hall–Kier alpha value is -3.45. The van der Waals surface area contributed by atoms with Crippen LogP contribution in [0, 0.1) is 0 Å². The van der Waals surface area contributed by atoms with Crippen molar-refractivity contribution in [3.05, 3.63) is 100 Å². The van der Waals surface area contributed by atoms with E-state index in [1.165, 1.54) is 0 Å². The van der Waals surface area contributed by atoms with E-state index in [1.807, 2.05) is 87.5 Å². The monoisotopic (exact) mass is 602 g/mol. The van der Waals surface area contributed by atoms with Gasteiger partial charge in [-0.25, -0.2) is 4.79 Å². The van der Waals surface area contributed by atoms with E-state index in [0.717, 1.165) is 15.7 Å². The summed E-state index contributed by atoms with van der Waals surface area (Å²) in [5.74, 6) is 0.136. The molecule has 7 heteroatoms. The van der Waals surface area contributed by atoms with Crippen molar-refractivity contribution in [3.8, 4) is 0 Å². The minimum absolute atomic E-state index is 0.0516. The van der Waals surface area contributed by atoms with Crippen LogP contribution >= 0.6 is 15.9 Å². The van der Waals surface area contributed by atoms with Crippen LogP contribution < -0.4 is 4.90 Å². The molecule has 3 aromatic rings. The number of hydrogen-bond donors (Lipinski definition) is 0. The molecule has 0 aromatic heterocycles. The second kappa shape index (κ2) is 11.2. The molecule has 6 nitrogen and oxygen atoms in total. The van der Waals surface area contributed by atoms with Crippen molar-refractivity contribution in [2.45, 2.75) is 63.6 Å². The van der Waals surface area contributed by atoms with E-state index in [2.05, 4.69) is 33.0 Å². The average Bonchev–Trinajstić information content (AvgIpc) is 3.43. The highest BCUT2D eigenvalue weighted by Gasteiger charge is 2.58. The molecule has 1 amide bonds. The predicted molar refractivity (Wildman–Crippen MR) is 160 cm³/mol. The quantitative estimate of drug-likeness (QED) is 0.251. The first kappa shape index (κ1) is 28.1. The van der Waals surface area contributed by atoms with Crippen molar-refractivity contribution in [3.63, 3.8) is 0 Å². The summed E-state index contributed by atoms with van der Waals surface area (Å²) in [6.07, 6.45) is 1.21. The molecule has 1 saturated heterocycles. The number of benzene rings is 3. The van der Waals surface area contributed by atoms with Gasteiger partial charge in [-0.05, 0) is 51.3 Å². The van der Waals surface area contributed by atoms with Gasteiger partial charge in [0.1, 0.15) is 11.8 Å². The molecule has 0 unspecified atom stereocenters. The molecule has 0 bridgehead atoms. The van der Waals surface area contributed by atoms with Crippen molar-refractivity contribution >= 4 is 39.3 Å². The highest BCUT2D eigenvalue weighted by molar-refractivity contribution is 9.10. The number of carbonyl (C=O) groups is 3. The van der Waals surface area contributed by atoms with E-state index in [0.29, 0.717) is 49.9 Å². The van der Waals surface area contributed by atoms with Crippen LogP contribution in [-0.2, 0) is 10.2 Å². The Kier molecular flexibility index (Phi) is 7.87. The lowest BCUT2D eigenvalue weighted by molar-refractivity contribution is 0.0199. The summed E-state index contributed by atoms with van der Waals surface area (Å²) in [5, 5.41) is 0. The Balaban J connectivity index is 1.50. The molecule has 208 valence electrons. The van der Waals surface area contributed by atoms with Crippen molar-refractivity contribution in [2.24, 2.45) is 0 Å². The Morgan fingerprint density at radius 2 is 1.50 bits per heavy atom.